The third-order valence-corrected chi connectivity index (χ3v) is 18.3. The highest BCUT2D eigenvalue weighted by Gasteiger charge is 2.11. The summed E-state index contributed by atoms with van der Waals surface area (Å²) in [5.41, 5.74) is 29.7. The third kappa shape index (κ3) is 21.7. The van der Waals surface area contributed by atoms with Gasteiger partial charge in [0.25, 0.3) is 0 Å². The molecule has 0 N–H and O–H groups in total. The molecule has 0 atom stereocenters. The molecule has 0 aliphatic carbocycles. The highest BCUT2D eigenvalue weighted by atomic mass is 14.1. The van der Waals surface area contributed by atoms with E-state index in [4.69, 9.17) is 0 Å². The highest BCUT2D eigenvalue weighted by molar-refractivity contribution is 5.88. The fourth-order valence-electron chi connectivity index (χ4n) is 12.8. The first-order valence-corrected chi connectivity index (χ1v) is 36.3. The Bertz CT molecular complexity index is 5310. The van der Waals surface area contributed by atoms with E-state index in [2.05, 4.69) is 467 Å². The molecule has 0 nitrogen and oxygen atoms in total. The molecule has 0 bridgehead atoms. The number of hydrogen-bond donors (Lipinski definition) is 0. The lowest BCUT2D eigenvalue weighted by atomic mass is 9.91. The Labute approximate surface area is 624 Å². The second-order valence-corrected chi connectivity index (χ2v) is 26.4. The Hall–Kier alpha value is -12.7. The normalized spacial score (nSPS) is 10.2. The van der Waals surface area contributed by atoms with E-state index in [1.165, 1.54) is 150 Å². The molecule has 17 rings (SSSR count). The summed E-state index contributed by atoms with van der Waals surface area (Å²) < 4.78 is 0. The zero-order chi connectivity index (χ0) is 72.8. The van der Waals surface area contributed by atoms with Crippen LogP contribution in [-0.2, 0) is 0 Å². The van der Waals surface area contributed by atoms with Crippen LogP contribution in [0.3, 0.4) is 0 Å². The zero-order valence-corrected chi connectivity index (χ0v) is 61.5. The number of rotatable bonds is 8. The summed E-state index contributed by atoms with van der Waals surface area (Å²) in [4.78, 5) is 0. The van der Waals surface area contributed by atoms with E-state index in [-0.39, 0.29) is 0 Å². The lowest BCUT2D eigenvalue weighted by Gasteiger charge is -2.13. The van der Waals surface area contributed by atoms with Crippen molar-refractivity contribution in [2.24, 2.45) is 0 Å². The van der Waals surface area contributed by atoms with Gasteiger partial charge in [-0.25, -0.2) is 0 Å². The molecule has 0 amide bonds. The van der Waals surface area contributed by atoms with Crippen molar-refractivity contribution in [3.63, 3.8) is 0 Å². The van der Waals surface area contributed by atoms with Crippen LogP contribution in [0, 0.1) is 48.5 Å². The molecule has 17 aromatic rings. The minimum Gasteiger partial charge on any atom is -0.0622 e. The van der Waals surface area contributed by atoms with Crippen LogP contribution in [0.5, 0.6) is 0 Å². The van der Waals surface area contributed by atoms with Gasteiger partial charge in [0.15, 0.2) is 0 Å². The van der Waals surface area contributed by atoms with Crippen LogP contribution in [0.25, 0.3) is 111 Å². The smallest absolute Gasteiger partial charge is 0.00761 e. The molecule has 0 aromatic heterocycles. The van der Waals surface area contributed by atoms with Gasteiger partial charge in [-0.3, -0.25) is 0 Å². The molecule has 0 saturated carbocycles. The van der Waals surface area contributed by atoms with E-state index in [9.17, 15) is 0 Å². The fraction of sp³-hybridized carbons (Fsp3) is 0.0667. The van der Waals surface area contributed by atoms with Crippen LogP contribution >= 0.6 is 0 Å². The number of hydrogen-bond acceptors (Lipinski definition) is 0. The summed E-state index contributed by atoms with van der Waals surface area (Å²) in [7, 11) is 0. The number of benzene rings is 17. The SMILES string of the molecule is Cc1cc(-c2ccccc2)cc(-c2ccccc2)c1.Cc1ccc(-c2ccccc2)c(-c2ccccc2)c1.Cc1ccc(-c2ccccc2)cc1.Cc1ccc2ccccc2c1.Cc1cccc(-c2ccccc2)c1.Cc1cccc(-c2ccccc2)c1-c1ccccc1.Cc1cccc2ccccc12. The van der Waals surface area contributed by atoms with Gasteiger partial charge < -0.3 is 0 Å². The lowest BCUT2D eigenvalue weighted by Crippen LogP contribution is -1.88. The molecule has 17 aromatic carbocycles. The molecular formula is C105H92. The lowest BCUT2D eigenvalue weighted by molar-refractivity contribution is 1.45. The maximum atomic E-state index is 2.26. The topological polar surface area (TPSA) is 0 Å². The zero-order valence-electron chi connectivity index (χ0n) is 61.5. The Morgan fingerprint density at radius 1 is 0.133 bits per heavy atom. The van der Waals surface area contributed by atoms with Crippen molar-refractivity contribution in [3.05, 3.63) is 470 Å². The summed E-state index contributed by atoms with van der Waals surface area (Å²) in [6, 6.07) is 151. The fourth-order valence-corrected chi connectivity index (χ4v) is 12.8. The van der Waals surface area contributed by atoms with E-state index in [1.807, 2.05) is 12.1 Å². The van der Waals surface area contributed by atoms with Crippen LogP contribution in [0.2, 0.25) is 0 Å². The predicted molar refractivity (Wildman–Crippen MR) is 457 cm³/mol. The number of fused-ring (bicyclic) bond motifs is 2. The van der Waals surface area contributed by atoms with E-state index < -0.39 is 0 Å². The molecule has 0 aliphatic rings. The molecule has 0 heteroatoms. The van der Waals surface area contributed by atoms with Crippen LogP contribution in [-0.4, -0.2) is 0 Å². The third-order valence-electron chi connectivity index (χ3n) is 18.3. The Morgan fingerprint density at radius 2 is 0.467 bits per heavy atom. The van der Waals surface area contributed by atoms with Gasteiger partial charge in [0.1, 0.15) is 0 Å². The molecule has 512 valence electrons. The van der Waals surface area contributed by atoms with Gasteiger partial charge in [0.05, 0.1) is 0 Å². The molecule has 105 heavy (non-hydrogen) atoms. The van der Waals surface area contributed by atoms with Gasteiger partial charge in [-0.15, -0.1) is 0 Å². The Kier molecular flexibility index (Phi) is 26.8. The average molecular weight is 1350 g/mol. The van der Waals surface area contributed by atoms with Crippen molar-refractivity contribution in [3.8, 4) is 89.0 Å². The van der Waals surface area contributed by atoms with Crippen LogP contribution in [0.4, 0.5) is 0 Å². The average Bonchev–Trinajstić information content (AvgIpc) is 0.877. The minimum absolute atomic E-state index is 1.27. The summed E-state index contributed by atoms with van der Waals surface area (Å²) in [6.07, 6.45) is 0. The first-order chi connectivity index (χ1) is 51.5. The largest absolute Gasteiger partial charge is 0.0622 e. The van der Waals surface area contributed by atoms with Gasteiger partial charge in [-0.2, -0.15) is 0 Å². The maximum absolute atomic E-state index is 2.26. The van der Waals surface area contributed by atoms with Crippen LogP contribution in [0.1, 0.15) is 38.9 Å². The minimum atomic E-state index is 1.27. The highest BCUT2D eigenvalue weighted by Crippen LogP contribution is 2.36. The van der Waals surface area contributed by atoms with Crippen molar-refractivity contribution in [2.75, 3.05) is 0 Å². The molecule has 0 spiro atoms. The summed E-state index contributed by atoms with van der Waals surface area (Å²) in [6.45, 7) is 14.9. The van der Waals surface area contributed by atoms with Gasteiger partial charge in [-0.1, -0.05) is 447 Å². The van der Waals surface area contributed by atoms with E-state index >= 15 is 0 Å². The van der Waals surface area contributed by atoms with Gasteiger partial charge in [0.2, 0.25) is 0 Å². The van der Waals surface area contributed by atoms with Crippen molar-refractivity contribution >= 4 is 21.5 Å². The van der Waals surface area contributed by atoms with Crippen molar-refractivity contribution < 1.29 is 0 Å². The second-order valence-electron chi connectivity index (χ2n) is 26.4. The molecule has 0 unspecified atom stereocenters. The van der Waals surface area contributed by atoms with Gasteiger partial charge in [0, 0.05) is 0 Å². The molecule has 0 fully saturated rings. The second kappa shape index (κ2) is 38.3. The quantitative estimate of drug-likeness (QED) is 0.142. The summed E-state index contributed by atoms with van der Waals surface area (Å²) >= 11 is 0. The first-order valence-electron chi connectivity index (χ1n) is 36.3. The maximum Gasteiger partial charge on any atom is -0.00761 e. The summed E-state index contributed by atoms with van der Waals surface area (Å²) in [5, 5.41) is 5.33. The van der Waals surface area contributed by atoms with E-state index in [0.717, 1.165) is 0 Å². The molecule has 0 heterocycles. The summed E-state index contributed by atoms with van der Waals surface area (Å²) in [5.74, 6) is 0. The van der Waals surface area contributed by atoms with E-state index in [1.54, 1.807) is 0 Å². The van der Waals surface area contributed by atoms with Gasteiger partial charge >= 0.3 is 0 Å². The van der Waals surface area contributed by atoms with Crippen molar-refractivity contribution in [2.45, 2.75) is 48.5 Å². The predicted octanol–water partition coefficient (Wildman–Crippen LogP) is 29.6. The molecular weight excluding hydrogens is 1260 g/mol. The Morgan fingerprint density at radius 3 is 0.981 bits per heavy atom. The van der Waals surface area contributed by atoms with Crippen molar-refractivity contribution in [1.29, 1.82) is 0 Å². The molecule has 0 aliphatic heterocycles. The van der Waals surface area contributed by atoms with Gasteiger partial charge in [-0.05, 0) is 182 Å². The molecule has 0 saturated heterocycles. The van der Waals surface area contributed by atoms with E-state index in [0.29, 0.717) is 0 Å². The molecule has 0 radical (unpaired) electrons. The monoisotopic (exact) mass is 1350 g/mol. The van der Waals surface area contributed by atoms with Crippen molar-refractivity contribution in [1.82, 2.24) is 0 Å². The van der Waals surface area contributed by atoms with Crippen LogP contribution in [0.15, 0.2) is 431 Å². The standard InChI is InChI=1S/3C19H16.2C13H12.2C11H10/c1-15-9-8-14-18(16-10-4-2-5-11-16)19(15)17-12-6-3-7-13-17;1-15-12-18(16-8-4-2-5-9-16)14-19(13-15)17-10-6-3-7-11-17;1-15-12-13-18(16-8-4-2-5-9-16)19(14-15)17-10-6-3-7-11-17;1-11-6-5-9-13(10-11)12-7-3-2-4-8-12;1-11-7-9-13(10-8-11)12-5-3-2-4-6-12;1-9-5-4-7-10-6-2-3-8-11(9)10;1-9-6-7-10-4-2-3-5-11(10)8-9/h3*2-14H,1H3;2*2-10H,1H3;2*2-8H,1H3. The number of aryl methyl sites for hydroxylation is 7. The Balaban J connectivity index is 0.000000124. The first kappa shape index (κ1) is 73.5. The van der Waals surface area contributed by atoms with Crippen LogP contribution < -0.4 is 0 Å².